The average molecular weight is 286 g/mol. The van der Waals surface area contributed by atoms with Gasteiger partial charge in [0.05, 0.1) is 12.6 Å². The van der Waals surface area contributed by atoms with Crippen molar-refractivity contribution in [3.8, 4) is 5.75 Å². The first-order chi connectivity index (χ1) is 9.74. The Morgan fingerprint density at radius 1 is 1.35 bits per heavy atom. The van der Waals surface area contributed by atoms with E-state index in [9.17, 15) is 0 Å². The summed E-state index contributed by atoms with van der Waals surface area (Å²) in [6.45, 7) is 0.670. The summed E-state index contributed by atoms with van der Waals surface area (Å²) in [4.78, 5) is 8.79. The van der Waals surface area contributed by atoms with E-state index in [0.717, 1.165) is 17.7 Å². The van der Waals surface area contributed by atoms with E-state index < -0.39 is 0 Å². The van der Waals surface area contributed by atoms with Crippen LogP contribution in [-0.4, -0.2) is 21.6 Å². The zero-order valence-electron chi connectivity index (χ0n) is 10.7. The lowest BCUT2D eigenvalue weighted by Gasteiger charge is -2.26. The van der Waals surface area contributed by atoms with Crippen LogP contribution in [-0.2, 0) is 0 Å². The van der Waals surface area contributed by atoms with E-state index in [4.69, 9.17) is 22.7 Å². The third kappa shape index (κ3) is 2.55. The van der Waals surface area contributed by atoms with Gasteiger partial charge in [0.25, 0.3) is 0 Å². The third-order valence-electron chi connectivity index (χ3n) is 3.17. The highest BCUT2D eigenvalue weighted by Gasteiger charge is 2.21. The molecule has 1 unspecified atom stereocenters. The van der Waals surface area contributed by atoms with Gasteiger partial charge in [-0.3, -0.25) is 0 Å². The number of thiocarbonyl (C=S) groups is 1. The highest BCUT2D eigenvalue weighted by atomic mass is 32.1. The summed E-state index contributed by atoms with van der Waals surface area (Å²) in [7, 11) is 0. The molecule has 2 heterocycles. The van der Waals surface area contributed by atoms with Crippen LogP contribution in [0.5, 0.6) is 5.75 Å². The molecule has 1 aromatic heterocycles. The molecule has 1 atom stereocenters. The maximum absolute atomic E-state index is 5.63. The number of para-hydroxylation sites is 1. The minimum atomic E-state index is 0.126. The molecule has 3 rings (SSSR count). The fraction of sp³-hybridized carbons (Fsp3) is 0.214. The second kappa shape index (κ2) is 5.42. The van der Waals surface area contributed by atoms with Gasteiger partial charge in [0.2, 0.25) is 5.95 Å². The van der Waals surface area contributed by atoms with Crippen LogP contribution in [0.4, 0.5) is 5.95 Å². The van der Waals surface area contributed by atoms with Gasteiger partial charge in [0.15, 0.2) is 0 Å². The molecule has 1 aromatic carbocycles. The van der Waals surface area contributed by atoms with Gasteiger partial charge in [-0.1, -0.05) is 30.4 Å². The topological polar surface area (TPSA) is 73.1 Å². The Morgan fingerprint density at radius 2 is 2.20 bits per heavy atom. The van der Waals surface area contributed by atoms with Crippen LogP contribution in [0.2, 0.25) is 0 Å². The average Bonchev–Trinajstić information content (AvgIpc) is 2.48. The first kappa shape index (κ1) is 12.8. The molecular formula is C14H14N4OS. The maximum Gasteiger partial charge on any atom is 0.223 e. The molecule has 0 spiro atoms. The first-order valence-electron chi connectivity index (χ1n) is 6.35. The van der Waals surface area contributed by atoms with E-state index in [1.165, 1.54) is 0 Å². The third-order valence-corrected chi connectivity index (χ3v) is 3.38. The summed E-state index contributed by atoms with van der Waals surface area (Å²) in [6, 6.07) is 9.80. The number of nitrogens with zero attached hydrogens (tertiary/aromatic N) is 2. The minimum absolute atomic E-state index is 0.126. The molecule has 0 radical (unpaired) electrons. The highest BCUT2D eigenvalue weighted by Crippen LogP contribution is 2.33. The van der Waals surface area contributed by atoms with Gasteiger partial charge in [-0.05, 0) is 12.1 Å². The summed E-state index contributed by atoms with van der Waals surface area (Å²) in [6.07, 6.45) is 2.51. The lowest BCUT2D eigenvalue weighted by Crippen LogP contribution is -2.22. The van der Waals surface area contributed by atoms with E-state index in [0.29, 0.717) is 18.2 Å². The van der Waals surface area contributed by atoms with Crippen molar-refractivity contribution in [3.05, 3.63) is 47.8 Å². The molecule has 3 N–H and O–H groups in total. The van der Waals surface area contributed by atoms with Gasteiger partial charge in [-0.25, -0.2) is 9.97 Å². The number of ether oxygens (including phenoxy) is 1. The number of nitrogens with two attached hydrogens (primary N) is 1. The van der Waals surface area contributed by atoms with Crippen LogP contribution >= 0.6 is 12.2 Å². The number of hydrogen-bond acceptors (Lipinski definition) is 5. The van der Waals surface area contributed by atoms with Crippen molar-refractivity contribution < 1.29 is 4.74 Å². The molecule has 0 saturated carbocycles. The Labute approximate surface area is 122 Å². The van der Waals surface area contributed by atoms with Crippen molar-refractivity contribution in [2.45, 2.75) is 12.5 Å². The molecule has 6 heteroatoms. The monoisotopic (exact) mass is 286 g/mol. The summed E-state index contributed by atoms with van der Waals surface area (Å²) in [5, 5.41) is 3.31. The van der Waals surface area contributed by atoms with Crippen molar-refractivity contribution >= 4 is 23.2 Å². The number of anilines is 1. The number of fused-ring (bicyclic) bond motifs is 1. The Kier molecular flexibility index (Phi) is 3.47. The van der Waals surface area contributed by atoms with Gasteiger partial charge in [-0.2, -0.15) is 0 Å². The second-order valence-electron chi connectivity index (χ2n) is 4.50. The van der Waals surface area contributed by atoms with Crippen LogP contribution < -0.4 is 15.8 Å². The molecule has 1 aliphatic heterocycles. The molecule has 20 heavy (non-hydrogen) atoms. The van der Waals surface area contributed by atoms with Gasteiger partial charge in [0, 0.05) is 18.2 Å². The Morgan fingerprint density at radius 3 is 3.05 bits per heavy atom. The van der Waals surface area contributed by atoms with E-state index >= 15 is 0 Å². The minimum Gasteiger partial charge on any atom is -0.493 e. The number of aromatic nitrogens is 2. The maximum atomic E-state index is 5.63. The van der Waals surface area contributed by atoms with Crippen LogP contribution in [0.1, 0.15) is 23.7 Å². The number of benzene rings is 1. The van der Waals surface area contributed by atoms with Crippen LogP contribution in [0, 0.1) is 0 Å². The van der Waals surface area contributed by atoms with Crippen LogP contribution in [0.15, 0.2) is 36.5 Å². The molecule has 0 saturated heterocycles. The quantitative estimate of drug-likeness (QED) is 0.841. The smallest absolute Gasteiger partial charge is 0.223 e. The van der Waals surface area contributed by atoms with Gasteiger partial charge < -0.3 is 15.8 Å². The Balaban J connectivity index is 1.85. The standard InChI is InChI=1S/C14H14N4OS/c15-13(20)11-5-7-16-14(18-11)17-10-6-8-19-12-4-2-1-3-9(10)12/h1-5,7,10H,6,8H2,(H2,15,20)(H,16,17,18). The fourth-order valence-electron chi connectivity index (χ4n) is 2.21. The molecule has 1 aliphatic rings. The van der Waals surface area contributed by atoms with Gasteiger partial charge in [0.1, 0.15) is 16.4 Å². The van der Waals surface area contributed by atoms with E-state index in [1.807, 2.05) is 24.3 Å². The zero-order chi connectivity index (χ0) is 13.9. The van der Waals surface area contributed by atoms with E-state index in [2.05, 4.69) is 15.3 Å². The molecule has 0 fully saturated rings. The molecule has 5 nitrogen and oxygen atoms in total. The first-order valence-corrected chi connectivity index (χ1v) is 6.76. The normalized spacial score (nSPS) is 16.9. The van der Waals surface area contributed by atoms with Crippen molar-refractivity contribution in [2.24, 2.45) is 5.73 Å². The Bertz CT molecular complexity index is 647. The molecule has 0 aliphatic carbocycles. The number of nitrogens with one attached hydrogen (secondary N) is 1. The molecule has 0 bridgehead atoms. The van der Waals surface area contributed by atoms with Crippen molar-refractivity contribution in [3.63, 3.8) is 0 Å². The summed E-state index contributed by atoms with van der Waals surface area (Å²) >= 11 is 4.93. The van der Waals surface area contributed by atoms with Crippen LogP contribution in [0.3, 0.4) is 0 Å². The lowest BCUT2D eigenvalue weighted by molar-refractivity contribution is 0.274. The number of hydrogen-bond donors (Lipinski definition) is 2. The van der Waals surface area contributed by atoms with Gasteiger partial charge >= 0.3 is 0 Å². The highest BCUT2D eigenvalue weighted by molar-refractivity contribution is 7.80. The van der Waals surface area contributed by atoms with E-state index in [1.54, 1.807) is 12.3 Å². The van der Waals surface area contributed by atoms with Crippen molar-refractivity contribution in [1.29, 1.82) is 0 Å². The molecule has 2 aromatic rings. The largest absolute Gasteiger partial charge is 0.493 e. The summed E-state index contributed by atoms with van der Waals surface area (Å²) in [5.74, 6) is 1.43. The second-order valence-corrected chi connectivity index (χ2v) is 4.94. The number of rotatable bonds is 3. The van der Waals surface area contributed by atoms with Crippen LogP contribution in [0.25, 0.3) is 0 Å². The lowest BCUT2D eigenvalue weighted by atomic mass is 10.0. The molecule has 102 valence electrons. The van der Waals surface area contributed by atoms with E-state index in [-0.39, 0.29) is 11.0 Å². The SMILES string of the molecule is NC(=S)c1ccnc(NC2CCOc3ccccc32)n1. The summed E-state index contributed by atoms with van der Waals surface area (Å²) < 4.78 is 5.63. The molecule has 0 amide bonds. The predicted octanol–water partition coefficient (Wildman–Crippen LogP) is 2.05. The Hall–Kier alpha value is -2.21. The van der Waals surface area contributed by atoms with Crippen molar-refractivity contribution in [1.82, 2.24) is 9.97 Å². The van der Waals surface area contributed by atoms with Crippen molar-refractivity contribution in [2.75, 3.05) is 11.9 Å². The summed E-state index contributed by atoms with van der Waals surface area (Å²) in [5.41, 5.74) is 7.27. The van der Waals surface area contributed by atoms with Gasteiger partial charge in [-0.15, -0.1) is 0 Å². The molecular weight excluding hydrogens is 272 g/mol. The fourth-order valence-corrected chi connectivity index (χ4v) is 2.33. The predicted molar refractivity (Wildman–Crippen MR) is 80.8 cm³/mol. The zero-order valence-corrected chi connectivity index (χ0v) is 11.6.